The molecular formula is C12H22N2O3. The summed E-state index contributed by atoms with van der Waals surface area (Å²) in [6.07, 6.45) is 1.52. The van der Waals surface area contributed by atoms with Crippen LogP contribution in [0, 0.1) is 0 Å². The third kappa shape index (κ3) is 4.63. The highest BCUT2D eigenvalue weighted by Gasteiger charge is 2.27. The number of carbonyl (C=O) groups is 2. The van der Waals surface area contributed by atoms with Crippen LogP contribution >= 0.6 is 0 Å². The van der Waals surface area contributed by atoms with Gasteiger partial charge in [-0.25, -0.2) is 4.79 Å². The molecule has 0 aromatic heterocycles. The van der Waals surface area contributed by atoms with Crippen molar-refractivity contribution in [2.75, 3.05) is 13.1 Å². The second kappa shape index (κ2) is 5.38. The topological polar surface area (TPSA) is 58.6 Å². The molecule has 1 rings (SSSR count). The van der Waals surface area contributed by atoms with Gasteiger partial charge in [0.1, 0.15) is 5.60 Å². The van der Waals surface area contributed by atoms with E-state index in [1.54, 1.807) is 11.8 Å². The average Bonchev–Trinajstić information content (AvgIpc) is 2.59. The SMILES string of the molecule is CC(=O)N1CCC[C@H]1CNC(=O)OC(C)(C)C. The molecule has 0 spiro atoms. The van der Waals surface area contributed by atoms with Crippen molar-refractivity contribution in [2.45, 2.75) is 52.2 Å². The van der Waals surface area contributed by atoms with Crippen LogP contribution in [0.4, 0.5) is 4.79 Å². The summed E-state index contributed by atoms with van der Waals surface area (Å²) in [6, 6.07) is 0.111. The van der Waals surface area contributed by atoms with Crippen LogP contribution in [0.3, 0.4) is 0 Å². The van der Waals surface area contributed by atoms with Crippen LogP contribution in [0.2, 0.25) is 0 Å². The van der Waals surface area contributed by atoms with E-state index in [1.165, 1.54) is 0 Å². The summed E-state index contributed by atoms with van der Waals surface area (Å²) in [6.45, 7) is 8.29. The van der Waals surface area contributed by atoms with E-state index in [0.29, 0.717) is 6.54 Å². The molecule has 0 aromatic carbocycles. The molecule has 1 atom stereocenters. The van der Waals surface area contributed by atoms with Crippen LogP contribution in [-0.4, -0.2) is 41.6 Å². The molecule has 98 valence electrons. The van der Waals surface area contributed by atoms with Crippen molar-refractivity contribution in [2.24, 2.45) is 0 Å². The summed E-state index contributed by atoms with van der Waals surface area (Å²) in [5.74, 6) is 0.0680. The van der Waals surface area contributed by atoms with Crippen LogP contribution in [0.5, 0.6) is 0 Å². The zero-order valence-electron chi connectivity index (χ0n) is 11.1. The Hall–Kier alpha value is -1.26. The molecule has 0 bridgehead atoms. The molecule has 0 radical (unpaired) electrons. The zero-order valence-corrected chi connectivity index (χ0v) is 11.1. The van der Waals surface area contributed by atoms with Crippen molar-refractivity contribution >= 4 is 12.0 Å². The van der Waals surface area contributed by atoms with Crippen LogP contribution in [-0.2, 0) is 9.53 Å². The van der Waals surface area contributed by atoms with Gasteiger partial charge >= 0.3 is 6.09 Å². The fourth-order valence-electron chi connectivity index (χ4n) is 1.98. The van der Waals surface area contributed by atoms with Gasteiger partial charge in [0.05, 0.1) is 0 Å². The Labute approximate surface area is 102 Å². The number of hydrogen-bond donors (Lipinski definition) is 1. The maximum atomic E-state index is 11.5. The normalized spacial score (nSPS) is 20.2. The Balaban J connectivity index is 2.35. The van der Waals surface area contributed by atoms with Crippen molar-refractivity contribution in [1.82, 2.24) is 10.2 Å². The number of rotatable bonds is 2. The first-order valence-electron chi connectivity index (χ1n) is 6.03. The van der Waals surface area contributed by atoms with Crippen molar-refractivity contribution in [3.8, 4) is 0 Å². The number of nitrogens with zero attached hydrogens (tertiary/aromatic N) is 1. The fourth-order valence-corrected chi connectivity index (χ4v) is 1.98. The highest BCUT2D eigenvalue weighted by molar-refractivity contribution is 5.74. The van der Waals surface area contributed by atoms with E-state index in [0.717, 1.165) is 19.4 Å². The summed E-state index contributed by atoms with van der Waals surface area (Å²) in [5, 5.41) is 2.71. The van der Waals surface area contributed by atoms with Crippen LogP contribution in [0.25, 0.3) is 0 Å². The first-order valence-corrected chi connectivity index (χ1v) is 6.03. The van der Waals surface area contributed by atoms with Gasteiger partial charge in [0, 0.05) is 26.1 Å². The molecule has 5 heteroatoms. The second-order valence-electron chi connectivity index (χ2n) is 5.39. The van der Waals surface area contributed by atoms with Crippen molar-refractivity contribution in [3.05, 3.63) is 0 Å². The molecule has 0 aromatic rings. The number of hydrogen-bond acceptors (Lipinski definition) is 3. The molecule has 0 aliphatic carbocycles. The average molecular weight is 242 g/mol. The third-order valence-electron chi connectivity index (χ3n) is 2.66. The lowest BCUT2D eigenvalue weighted by Crippen LogP contribution is -2.43. The summed E-state index contributed by atoms with van der Waals surface area (Å²) in [4.78, 5) is 24.6. The number of nitrogens with one attached hydrogen (secondary N) is 1. The number of alkyl carbamates (subject to hydrolysis) is 1. The Kier molecular flexibility index (Phi) is 4.37. The zero-order chi connectivity index (χ0) is 13.1. The number of likely N-dealkylation sites (tertiary alicyclic amines) is 1. The molecule has 1 fully saturated rings. The van der Waals surface area contributed by atoms with E-state index >= 15 is 0 Å². The van der Waals surface area contributed by atoms with Crippen LogP contribution in [0.1, 0.15) is 40.5 Å². The van der Waals surface area contributed by atoms with Crippen molar-refractivity contribution < 1.29 is 14.3 Å². The fraction of sp³-hybridized carbons (Fsp3) is 0.833. The van der Waals surface area contributed by atoms with E-state index in [-0.39, 0.29) is 11.9 Å². The summed E-state index contributed by atoms with van der Waals surface area (Å²) in [5.41, 5.74) is -0.486. The molecule has 2 amide bonds. The molecule has 1 aliphatic heterocycles. The van der Waals surface area contributed by atoms with Gasteiger partial charge in [-0.15, -0.1) is 0 Å². The van der Waals surface area contributed by atoms with Crippen LogP contribution < -0.4 is 5.32 Å². The molecule has 1 aliphatic rings. The van der Waals surface area contributed by atoms with Gasteiger partial charge in [0.15, 0.2) is 0 Å². The van der Waals surface area contributed by atoms with Gasteiger partial charge in [0.2, 0.25) is 5.91 Å². The smallest absolute Gasteiger partial charge is 0.407 e. The molecule has 17 heavy (non-hydrogen) atoms. The summed E-state index contributed by atoms with van der Waals surface area (Å²) in [7, 11) is 0. The second-order valence-corrected chi connectivity index (χ2v) is 5.39. The lowest BCUT2D eigenvalue weighted by molar-refractivity contribution is -0.129. The minimum absolute atomic E-state index is 0.0680. The van der Waals surface area contributed by atoms with E-state index in [9.17, 15) is 9.59 Å². The minimum atomic E-state index is -0.486. The maximum absolute atomic E-state index is 11.5. The molecule has 1 N–H and O–H groups in total. The highest BCUT2D eigenvalue weighted by Crippen LogP contribution is 2.16. The molecular weight excluding hydrogens is 220 g/mol. The Bertz CT molecular complexity index is 297. The predicted octanol–water partition coefficient (Wildman–Crippen LogP) is 1.52. The van der Waals surface area contributed by atoms with Gasteiger partial charge in [0.25, 0.3) is 0 Å². The van der Waals surface area contributed by atoms with E-state index in [2.05, 4.69) is 5.32 Å². The first-order chi connectivity index (χ1) is 7.79. The Morgan fingerprint density at radius 2 is 2.06 bits per heavy atom. The predicted molar refractivity (Wildman–Crippen MR) is 64.6 cm³/mol. The quantitative estimate of drug-likeness (QED) is 0.798. The monoisotopic (exact) mass is 242 g/mol. The Morgan fingerprint density at radius 1 is 1.41 bits per heavy atom. The minimum Gasteiger partial charge on any atom is -0.444 e. The van der Waals surface area contributed by atoms with E-state index < -0.39 is 11.7 Å². The lowest BCUT2D eigenvalue weighted by Gasteiger charge is -2.25. The number of carbonyl (C=O) groups excluding carboxylic acids is 2. The van der Waals surface area contributed by atoms with Gasteiger partial charge in [-0.1, -0.05) is 0 Å². The largest absolute Gasteiger partial charge is 0.444 e. The van der Waals surface area contributed by atoms with Gasteiger partial charge in [-0.05, 0) is 33.6 Å². The summed E-state index contributed by atoms with van der Waals surface area (Å²) < 4.78 is 5.14. The standard InChI is InChI=1S/C12H22N2O3/c1-9(15)14-7-5-6-10(14)8-13-11(16)17-12(2,3)4/h10H,5-8H2,1-4H3,(H,13,16)/t10-/m0/s1. The lowest BCUT2D eigenvalue weighted by atomic mass is 10.2. The first kappa shape index (κ1) is 13.8. The molecule has 1 saturated heterocycles. The van der Waals surface area contributed by atoms with E-state index in [1.807, 2.05) is 20.8 Å². The van der Waals surface area contributed by atoms with Crippen LogP contribution in [0.15, 0.2) is 0 Å². The number of ether oxygens (including phenoxy) is 1. The van der Waals surface area contributed by atoms with E-state index in [4.69, 9.17) is 4.74 Å². The Morgan fingerprint density at radius 3 is 2.59 bits per heavy atom. The summed E-state index contributed by atoms with van der Waals surface area (Å²) >= 11 is 0. The molecule has 0 unspecified atom stereocenters. The van der Waals surface area contributed by atoms with Crippen molar-refractivity contribution in [1.29, 1.82) is 0 Å². The van der Waals surface area contributed by atoms with Crippen molar-refractivity contribution in [3.63, 3.8) is 0 Å². The molecule has 1 heterocycles. The van der Waals surface area contributed by atoms with Gasteiger partial charge < -0.3 is 15.0 Å². The van der Waals surface area contributed by atoms with Gasteiger partial charge in [-0.3, -0.25) is 4.79 Å². The third-order valence-corrected chi connectivity index (χ3v) is 2.66. The maximum Gasteiger partial charge on any atom is 0.407 e. The van der Waals surface area contributed by atoms with Gasteiger partial charge in [-0.2, -0.15) is 0 Å². The number of amides is 2. The molecule has 0 saturated carbocycles. The highest BCUT2D eigenvalue weighted by atomic mass is 16.6. The molecule has 5 nitrogen and oxygen atoms in total.